The maximum atomic E-state index is 10.8. The SMILES string of the molecule is CCNC(=NCc1cccc(OCc2ccccn2)c1)NCC(C)(O)c1ccccc1. The van der Waals surface area contributed by atoms with E-state index in [9.17, 15) is 5.11 Å². The van der Waals surface area contributed by atoms with Crippen molar-refractivity contribution in [1.29, 1.82) is 0 Å². The molecule has 0 bridgehead atoms. The van der Waals surface area contributed by atoms with Crippen LogP contribution >= 0.6 is 0 Å². The number of benzene rings is 2. The molecule has 2 aromatic carbocycles. The summed E-state index contributed by atoms with van der Waals surface area (Å²) < 4.78 is 5.85. The van der Waals surface area contributed by atoms with Gasteiger partial charge in [-0.2, -0.15) is 0 Å². The molecule has 0 radical (unpaired) electrons. The van der Waals surface area contributed by atoms with Crippen molar-refractivity contribution >= 4 is 5.96 Å². The van der Waals surface area contributed by atoms with Gasteiger partial charge in [-0.05, 0) is 49.2 Å². The largest absolute Gasteiger partial charge is 0.487 e. The summed E-state index contributed by atoms with van der Waals surface area (Å²) in [6.45, 7) is 5.79. The van der Waals surface area contributed by atoms with Crippen molar-refractivity contribution in [2.45, 2.75) is 32.6 Å². The van der Waals surface area contributed by atoms with E-state index in [1.807, 2.05) is 79.7 Å². The predicted molar refractivity (Wildman–Crippen MR) is 124 cm³/mol. The molecule has 3 N–H and O–H groups in total. The minimum absolute atomic E-state index is 0.343. The van der Waals surface area contributed by atoms with Gasteiger partial charge in [0.15, 0.2) is 5.96 Å². The lowest BCUT2D eigenvalue weighted by atomic mass is 9.96. The fourth-order valence-electron chi connectivity index (χ4n) is 3.04. The molecule has 0 aliphatic rings. The van der Waals surface area contributed by atoms with Crippen LogP contribution in [0.25, 0.3) is 0 Å². The van der Waals surface area contributed by atoms with Crippen LogP contribution in [0.5, 0.6) is 5.75 Å². The molecule has 0 saturated carbocycles. The highest BCUT2D eigenvalue weighted by Gasteiger charge is 2.22. The molecule has 0 amide bonds. The van der Waals surface area contributed by atoms with E-state index in [4.69, 9.17) is 4.74 Å². The second kappa shape index (κ2) is 11.1. The van der Waals surface area contributed by atoms with Crippen molar-refractivity contribution in [3.8, 4) is 5.75 Å². The van der Waals surface area contributed by atoms with Gasteiger partial charge < -0.3 is 20.5 Å². The number of hydrogen-bond donors (Lipinski definition) is 3. The minimum atomic E-state index is -1.00. The number of nitrogens with zero attached hydrogens (tertiary/aromatic N) is 2. The van der Waals surface area contributed by atoms with Crippen LogP contribution in [0, 0.1) is 0 Å². The van der Waals surface area contributed by atoms with E-state index in [2.05, 4.69) is 20.6 Å². The zero-order valence-corrected chi connectivity index (χ0v) is 18.1. The molecule has 1 unspecified atom stereocenters. The second-order valence-electron chi connectivity index (χ2n) is 7.45. The Hall–Kier alpha value is -3.38. The zero-order chi connectivity index (χ0) is 21.9. The number of aliphatic hydroxyl groups is 1. The summed E-state index contributed by atoms with van der Waals surface area (Å²) in [5, 5.41) is 17.3. The van der Waals surface area contributed by atoms with E-state index in [1.165, 1.54) is 0 Å². The Kier molecular flexibility index (Phi) is 8.01. The fraction of sp³-hybridized carbons (Fsp3) is 0.280. The molecule has 3 rings (SSSR count). The first kappa shape index (κ1) is 22.3. The average Bonchev–Trinajstić information content (AvgIpc) is 2.81. The first-order valence-electron chi connectivity index (χ1n) is 10.5. The summed E-state index contributed by atoms with van der Waals surface area (Å²) in [4.78, 5) is 8.93. The standard InChI is InChI=1S/C25H30N4O2/c1-3-26-24(29-19-25(2,30)21-11-5-4-6-12-21)28-17-20-10-9-14-23(16-20)31-18-22-13-7-8-15-27-22/h4-16,30H,3,17-19H2,1-2H3,(H2,26,28,29). The molecular formula is C25H30N4O2. The molecule has 0 spiro atoms. The lowest BCUT2D eigenvalue weighted by Crippen LogP contribution is -2.44. The molecule has 0 fully saturated rings. The predicted octanol–water partition coefficient (Wildman–Crippen LogP) is 3.62. The number of hydrogen-bond acceptors (Lipinski definition) is 4. The Morgan fingerprint density at radius 1 is 1.03 bits per heavy atom. The molecule has 0 saturated heterocycles. The summed E-state index contributed by atoms with van der Waals surface area (Å²) in [5.41, 5.74) is 1.77. The van der Waals surface area contributed by atoms with Crippen molar-refractivity contribution in [2.24, 2.45) is 4.99 Å². The molecule has 1 heterocycles. The molecule has 1 atom stereocenters. The monoisotopic (exact) mass is 418 g/mol. The number of aromatic nitrogens is 1. The van der Waals surface area contributed by atoms with E-state index in [0.29, 0.717) is 25.7 Å². The summed E-state index contributed by atoms with van der Waals surface area (Å²) in [6, 6.07) is 23.3. The zero-order valence-electron chi connectivity index (χ0n) is 18.1. The smallest absolute Gasteiger partial charge is 0.191 e. The van der Waals surface area contributed by atoms with Crippen molar-refractivity contribution < 1.29 is 9.84 Å². The molecule has 31 heavy (non-hydrogen) atoms. The maximum Gasteiger partial charge on any atom is 0.191 e. The highest BCUT2D eigenvalue weighted by molar-refractivity contribution is 5.79. The van der Waals surface area contributed by atoms with Gasteiger partial charge in [-0.25, -0.2) is 4.99 Å². The third kappa shape index (κ3) is 7.12. The Morgan fingerprint density at radius 3 is 2.58 bits per heavy atom. The Bertz CT molecular complexity index is 960. The lowest BCUT2D eigenvalue weighted by molar-refractivity contribution is 0.0617. The van der Waals surface area contributed by atoms with Crippen molar-refractivity contribution in [2.75, 3.05) is 13.1 Å². The van der Waals surface area contributed by atoms with Crippen LogP contribution in [0.15, 0.2) is 84.0 Å². The van der Waals surface area contributed by atoms with Gasteiger partial charge in [0.1, 0.15) is 18.0 Å². The molecule has 0 aliphatic heterocycles. The van der Waals surface area contributed by atoms with Crippen molar-refractivity contribution in [3.63, 3.8) is 0 Å². The van der Waals surface area contributed by atoms with Gasteiger partial charge in [0.2, 0.25) is 0 Å². The van der Waals surface area contributed by atoms with E-state index in [0.717, 1.165) is 29.1 Å². The number of rotatable bonds is 9. The summed E-state index contributed by atoms with van der Waals surface area (Å²) in [7, 11) is 0. The number of guanidine groups is 1. The van der Waals surface area contributed by atoms with Gasteiger partial charge in [-0.1, -0.05) is 48.5 Å². The van der Waals surface area contributed by atoms with Crippen LogP contribution in [-0.2, 0) is 18.8 Å². The first-order chi connectivity index (χ1) is 15.1. The molecule has 6 nitrogen and oxygen atoms in total. The molecule has 162 valence electrons. The molecule has 0 aliphatic carbocycles. The third-order valence-corrected chi connectivity index (χ3v) is 4.77. The maximum absolute atomic E-state index is 10.8. The van der Waals surface area contributed by atoms with Crippen LogP contribution < -0.4 is 15.4 Å². The van der Waals surface area contributed by atoms with Crippen LogP contribution in [0.1, 0.15) is 30.7 Å². The van der Waals surface area contributed by atoms with Gasteiger partial charge >= 0.3 is 0 Å². The lowest BCUT2D eigenvalue weighted by Gasteiger charge is -2.25. The van der Waals surface area contributed by atoms with Gasteiger partial charge in [0, 0.05) is 12.7 Å². The van der Waals surface area contributed by atoms with E-state index in [1.54, 1.807) is 13.1 Å². The van der Waals surface area contributed by atoms with Crippen molar-refractivity contribution in [3.05, 3.63) is 95.8 Å². The molecule has 3 aromatic rings. The van der Waals surface area contributed by atoms with Gasteiger partial charge in [0.05, 0.1) is 18.8 Å². The van der Waals surface area contributed by atoms with Crippen LogP contribution in [0.4, 0.5) is 0 Å². The number of ether oxygens (including phenoxy) is 1. The van der Waals surface area contributed by atoms with E-state index in [-0.39, 0.29) is 0 Å². The minimum Gasteiger partial charge on any atom is -0.487 e. The number of nitrogens with one attached hydrogen (secondary N) is 2. The van der Waals surface area contributed by atoms with Gasteiger partial charge in [-0.15, -0.1) is 0 Å². The fourth-order valence-corrected chi connectivity index (χ4v) is 3.04. The highest BCUT2D eigenvalue weighted by Crippen LogP contribution is 2.19. The van der Waals surface area contributed by atoms with Crippen molar-refractivity contribution in [1.82, 2.24) is 15.6 Å². The first-order valence-corrected chi connectivity index (χ1v) is 10.5. The molecular weight excluding hydrogens is 388 g/mol. The topological polar surface area (TPSA) is 78.8 Å². The van der Waals surface area contributed by atoms with E-state index < -0.39 is 5.60 Å². The van der Waals surface area contributed by atoms with Crippen LogP contribution in [-0.4, -0.2) is 29.1 Å². The third-order valence-electron chi connectivity index (χ3n) is 4.77. The quantitative estimate of drug-likeness (QED) is 0.365. The summed E-state index contributed by atoms with van der Waals surface area (Å²) in [5.74, 6) is 1.43. The number of pyridine rings is 1. The van der Waals surface area contributed by atoms with Crippen LogP contribution in [0.3, 0.4) is 0 Å². The average molecular weight is 419 g/mol. The Balaban J connectivity index is 1.59. The second-order valence-corrected chi connectivity index (χ2v) is 7.45. The highest BCUT2D eigenvalue weighted by atomic mass is 16.5. The van der Waals surface area contributed by atoms with E-state index >= 15 is 0 Å². The number of aliphatic imine (C=N–C) groups is 1. The van der Waals surface area contributed by atoms with Gasteiger partial charge in [-0.3, -0.25) is 4.98 Å². The van der Waals surface area contributed by atoms with Crippen LogP contribution in [0.2, 0.25) is 0 Å². The molecule has 1 aromatic heterocycles. The molecule has 6 heteroatoms. The van der Waals surface area contributed by atoms with Gasteiger partial charge in [0.25, 0.3) is 0 Å². The summed E-state index contributed by atoms with van der Waals surface area (Å²) in [6.07, 6.45) is 1.76. The Morgan fingerprint density at radius 2 is 1.84 bits per heavy atom. The Labute approximate surface area is 184 Å². The normalized spacial score (nSPS) is 13.3. The summed E-state index contributed by atoms with van der Waals surface area (Å²) >= 11 is 0.